The molecule has 0 amide bonds. The van der Waals surface area contributed by atoms with Gasteiger partial charge < -0.3 is 0 Å². The minimum atomic E-state index is 0.615. The molecule has 23 heavy (non-hydrogen) atoms. The van der Waals surface area contributed by atoms with E-state index in [9.17, 15) is 0 Å². The largest absolute Gasteiger partial charge is 0.0616 e. The molecule has 0 aliphatic rings. The molecular weight excluding hydrogens is 276 g/mol. The van der Waals surface area contributed by atoms with E-state index in [0.29, 0.717) is 5.92 Å². The van der Waals surface area contributed by atoms with Crippen LogP contribution in [0.4, 0.5) is 0 Å². The summed E-state index contributed by atoms with van der Waals surface area (Å²) in [7, 11) is 0. The molecule has 4 aromatic rings. The second-order valence-corrected chi connectivity index (χ2v) is 6.11. The van der Waals surface area contributed by atoms with Crippen LogP contribution in [-0.2, 0) is 0 Å². The predicted molar refractivity (Wildman–Crippen MR) is 102 cm³/mol. The van der Waals surface area contributed by atoms with Crippen LogP contribution in [0.3, 0.4) is 0 Å². The van der Waals surface area contributed by atoms with Gasteiger partial charge in [0.2, 0.25) is 0 Å². The Balaban J connectivity index is 0.000000140. The van der Waals surface area contributed by atoms with Crippen molar-refractivity contribution < 1.29 is 0 Å². The lowest BCUT2D eigenvalue weighted by Gasteiger charge is -2.06. The molecule has 0 aliphatic carbocycles. The maximum atomic E-state index is 2.28. The van der Waals surface area contributed by atoms with E-state index in [1.165, 1.54) is 27.1 Å². The molecule has 0 nitrogen and oxygen atoms in total. The SMILES string of the molecule is CC(C)c1ccc2ccccc2c1.c1ccc2ccccc2c1. The molecule has 0 saturated heterocycles. The summed E-state index contributed by atoms with van der Waals surface area (Å²) in [5, 5.41) is 5.29. The Morgan fingerprint density at radius 2 is 0.870 bits per heavy atom. The summed E-state index contributed by atoms with van der Waals surface area (Å²) in [5.41, 5.74) is 1.42. The summed E-state index contributed by atoms with van der Waals surface area (Å²) < 4.78 is 0. The highest BCUT2D eigenvalue weighted by molar-refractivity contribution is 5.83. The Labute approximate surface area is 138 Å². The Hall–Kier alpha value is -2.60. The van der Waals surface area contributed by atoms with Gasteiger partial charge in [0, 0.05) is 0 Å². The van der Waals surface area contributed by atoms with Crippen LogP contribution in [0.2, 0.25) is 0 Å². The highest BCUT2D eigenvalue weighted by Gasteiger charge is 1.99. The molecular formula is C23H22. The van der Waals surface area contributed by atoms with Crippen molar-refractivity contribution in [3.8, 4) is 0 Å². The summed E-state index contributed by atoms with van der Waals surface area (Å²) in [6.07, 6.45) is 0. The summed E-state index contributed by atoms with van der Waals surface area (Å²) in [5.74, 6) is 0.615. The first kappa shape index (κ1) is 15.3. The average molecular weight is 298 g/mol. The molecule has 0 heterocycles. The van der Waals surface area contributed by atoms with E-state index in [2.05, 4.69) is 105 Å². The van der Waals surface area contributed by atoms with Crippen LogP contribution in [0.15, 0.2) is 91.0 Å². The van der Waals surface area contributed by atoms with Crippen molar-refractivity contribution in [1.82, 2.24) is 0 Å². The van der Waals surface area contributed by atoms with Gasteiger partial charge >= 0.3 is 0 Å². The number of hydrogen-bond donors (Lipinski definition) is 0. The van der Waals surface area contributed by atoms with Gasteiger partial charge in [0.05, 0.1) is 0 Å². The Kier molecular flexibility index (Phi) is 4.73. The zero-order valence-electron chi connectivity index (χ0n) is 13.7. The Morgan fingerprint density at radius 1 is 0.478 bits per heavy atom. The lowest BCUT2D eigenvalue weighted by Crippen LogP contribution is -1.85. The van der Waals surface area contributed by atoms with Crippen LogP contribution in [-0.4, -0.2) is 0 Å². The summed E-state index contributed by atoms with van der Waals surface area (Å²) in [4.78, 5) is 0. The second kappa shape index (κ2) is 7.11. The molecule has 0 aliphatic heterocycles. The van der Waals surface area contributed by atoms with E-state index in [1.807, 2.05) is 0 Å². The van der Waals surface area contributed by atoms with E-state index in [1.54, 1.807) is 0 Å². The molecule has 0 unspecified atom stereocenters. The standard InChI is InChI=1S/C13H14.C10H8/c1-10(2)12-8-7-11-5-3-4-6-13(11)9-12;1-2-6-10-8-4-3-7-9(10)5-1/h3-10H,1-2H3;1-8H. The third kappa shape index (κ3) is 3.78. The summed E-state index contributed by atoms with van der Waals surface area (Å²) in [6, 6.07) is 31.9. The van der Waals surface area contributed by atoms with Gasteiger partial charge in [-0.3, -0.25) is 0 Å². The molecule has 0 saturated carbocycles. The first-order valence-corrected chi connectivity index (χ1v) is 8.16. The molecule has 0 bridgehead atoms. The zero-order valence-corrected chi connectivity index (χ0v) is 13.7. The van der Waals surface area contributed by atoms with Crippen LogP contribution >= 0.6 is 0 Å². The number of hydrogen-bond acceptors (Lipinski definition) is 0. The third-order valence-corrected chi connectivity index (χ3v) is 4.10. The van der Waals surface area contributed by atoms with Crippen LogP contribution in [0.1, 0.15) is 25.3 Å². The van der Waals surface area contributed by atoms with Gasteiger partial charge in [-0.2, -0.15) is 0 Å². The van der Waals surface area contributed by atoms with Crippen LogP contribution < -0.4 is 0 Å². The van der Waals surface area contributed by atoms with E-state index < -0.39 is 0 Å². The van der Waals surface area contributed by atoms with E-state index in [-0.39, 0.29) is 0 Å². The molecule has 0 N–H and O–H groups in total. The van der Waals surface area contributed by atoms with E-state index in [0.717, 1.165) is 0 Å². The number of benzene rings is 4. The minimum Gasteiger partial charge on any atom is -0.0616 e. The normalized spacial score (nSPS) is 10.6. The smallest absolute Gasteiger partial charge is 0.0181 e. The van der Waals surface area contributed by atoms with Gasteiger partial charge in [0.25, 0.3) is 0 Å². The highest BCUT2D eigenvalue weighted by atomic mass is 14.0. The van der Waals surface area contributed by atoms with Gasteiger partial charge in [-0.15, -0.1) is 0 Å². The maximum Gasteiger partial charge on any atom is -0.0181 e. The third-order valence-electron chi connectivity index (χ3n) is 4.10. The lowest BCUT2D eigenvalue weighted by atomic mass is 9.99. The first-order chi connectivity index (χ1) is 11.2. The predicted octanol–water partition coefficient (Wildman–Crippen LogP) is 6.80. The molecule has 4 aromatic carbocycles. The quantitative estimate of drug-likeness (QED) is 0.362. The lowest BCUT2D eigenvalue weighted by molar-refractivity contribution is 0.869. The molecule has 0 radical (unpaired) electrons. The molecule has 0 fully saturated rings. The number of fused-ring (bicyclic) bond motifs is 2. The average Bonchev–Trinajstić information content (AvgIpc) is 2.62. The zero-order chi connectivity index (χ0) is 16.1. The maximum absolute atomic E-state index is 2.28. The van der Waals surface area contributed by atoms with Gasteiger partial charge in [-0.25, -0.2) is 0 Å². The molecule has 0 aromatic heterocycles. The molecule has 114 valence electrons. The molecule has 4 rings (SSSR count). The fourth-order valence-corrected chi connectivity index (χ4v) is 2.70. The molecule has 0 heteroatoms. The van der Waals surface area contributed by atoms with Crippen molar-refractivity contribution in [2.24, 2.45) is 0 Å². The Morgan fingerprint density at radius 3 is 1.30 bits per heavy atom. The first-order valence-electron chi connectivity index (χ1n) is 8.16. The summed E-state index contributed by atoms with van der Waals surface area (Å²) in [6.45, 7) is 4.45. The van der Waals surface area contributed by atoms with Gasteiger partial charge in [-0.05, 0) is 33.0 Å². The van der Waals surface area contributed by atoms with Crippen molar-refractivity contribution in [2.45, 2.75) is 19.8 Å². The topological polar surface area (TPSA) is 0 Å². The van der Waals surface area contributed by atoms with Crippen LogP contribution in [0.25, 0.3) is 21.5 Å². The van der Waals surface area contributed by atoms with E-state index in [4.69, 9.17) is 0 Å². The van der Waals surface area contributed by atoms with Crippen LogP contribution in [0.5, 0.6) is 0 Å². The molecule has 0 spiro atoms. The van der Waals surface area contributed by atoms with Crippen molar-refractivity contribution >= 4 is 21.5 Å². The van der Waals surface area contributed by atoms with Crippen LogP contribution in [0, 0.1) is 0 Å². The van der Waals surface area contributed by atoms with Gasteiger partial charge in [-0.1, -0.05) is 105 Å². The summed E-state index contributed by atoms with van der Waals surface area (Å²) >= 11 is 0. The monoisotopic (exact) mass is 298 g/mol. The van der Waals surface area contributed by atoms with Gasteiger partial charge in [0.15, 0.2) is 0 Å². The van der Waals surface area contributed by atoms with Crippen molar-refractivity contribution in [1.29, 1.82) is 0 Å². The fourth-order valence-electron chi connectivity index (χ4n) is 2.70. The van der Waals surface area contributed by atoms with E-state index >= 15 is 0 Å². The van der Waals surface area contributed by atoms with Crippen molar-refractivity contribution in [3.05, 3.63) is 96.6 Å². The second-order valence-electron chi connectivity index (χ2n) is 6.11. The van der Waals surface area contributed by atoms with Gasteiger partial charge in [0.1, 0.15) is 0 Å². The van der Waals surface area contributed by atoms with Crippen molar-refractivity contribution in [2.75, 3.05) is 0 Å². The fraction of sp³-hybridized carbons (Fsp3) is 0.130. The Bertz CT molecular complexity index is 838. The molecule has 0 atom stereocenters. The minimum absolute atomic E-state index is 0.615. The highest BCUT2D eigenvalue weighted by Crippen LogP contribution is 2.20. The van der Waals surface area contributed by atoms with Crippen molar-refractivity contribution in [3.63, 3.8) is 0 Å². The number of rotatable bonds is 1.